The van der Waals surface area contributed by atoms with Gasteiger partial charge in [-0.2, -0.15) is 0 Å². The van der Waals surface area contributed by atoms with E-state index in [1.165, 1.54) is 12.4 Å². The summed E-state index contributed by atoms with van der Waals surface area (Å²) in [6.07, 6.45) is 1.78. The van der Waals surface area contributed by atoms with E-state index in [9.17, 15) is 13.6 Å². The number of anilines is 2. The Hall–Kier alpha value is -3.70. The topological polar surface area (TPSA) is 96.6 Å². The van der Waals surface area contributed by atoms with Gasteiger partial charge in [0.2, 0.25) is 11.8 Å². The molecule has 1 aromatic carbocycles. The van der Waals surface area contributed by atoms with Gasteiger partial charge in [0.1, 0.15) is 17.0 Å². The Balaban J connectivity index is 1.23. The lowest BCUT2D eigenvalue weighted by Gasteiger charge is -2.28. The summed E-state index contributed by atoms with van der Waals surface area (Å²) in [6.45, 7) is 4.82. The van der Waals surface area contributed by atoms with Crippen LogP contribution in [0.3, 0.4) is 0 Å². The van der Waals surface area contributed by atoms with Crippen molar-refractivity contribution in [2.75, 3.05) is 56.7 Å². The third-order valence-corrected chi connectivity index (χ3v) is 8.32. The van der Waals surface area contributed by atoms with Gasteiger partial charge in [-0.3, -0.25) is 9.78 Å². The largest absolute Gasteiger partial charge is 0.436 e. The van der Waals surface area contributed by atoms with Crippen LogP contribution in [-0.4, -0.2) is 72.2 Å². The molecule has 5 heterocycles. The molecule has 1 spiro atoms. The number of pyridine rings is 2. The SMILES string of the molecule is CN1CC[C@@]2(C[C@@H]2C(=O)Nc2cc3c(-c4nc5cc(N6CCOCC6)ccc5o4)cnc(C(F)F)c3cn2)C1. The number of amides is 1. The van der Waals surface area contributed by atoms with Crippen molar-refractivity contribution >= 4 is 39.3 Å². The van der Waals surface area contributed by atoms with E-state index in [-0.39, 0.29) is 34.2 Å². The molecule has 39 heavy (non-hydrogen) atoms. The average Bonchev–Trinajstić information content (AvgIpc) is 3.27. The maximum Gasteiger partial charge on any atom is 0.281 e. The summed E-state index contributed by atoms with van der Waals surface area (Å²) in [6, 6.07) is 7.40. The van der Waals surface area contributed by atoms with Crippen LogP contribution in [0.25, 0.3) is 33.3 Å². The van der Waals surface area contributed by atoms with Crippen molar-refractivity contribution in [1.82, 2.24) is 19.9 Å². The molecule has 3 aliphatic rings. The first-order valence-corrected chi connectivity index (χ1v) is 13.2. The zero-order chi connectivity index (χ0) is 26.7. The molecule has 1 amide bonds. The maximum absolute atomic E-state index is 13.8. The number of hydrogen-bond donors (Lipinski definition) is 1. The fourth-order valence-corrected chi connectivity index (χ4v) is 6.11. The van der Waals surface area contributed by atoms with Gasteiger partial charge in [0, 0.05) is 54.4 Å². The Morgan fingerprint density at radius 1 is 1.13 bits per heavy atom. The number of morpholine rings is 1. The highest BCUT2D eigenvalue weighted by Crippen LogP contribution is 2.58. The van der Waals surface area contributed by atoms with E-state index >= 15 is 0 Å². The van der Waals surface area contributed by atoms with Crippen molar-refractivity contribution in [1.29, 1.82) is 0 Å². The minimum absolute atomic E-state index is 0.0475. The second-order valence-corrected chi connectivity index (χ2v) is 10.8. The number of hydrogen-bond acceptors (Lipinski definition) is 8. The van der Waals surface area contributed by atoms with Crippen LogP contribution in [0, 0.1) is 11.3 Å². The zero-order valence-corrected chi connectivity index (χ0v) is 21.5. The summed E-state index contributed by atoms with van der Waals surface area (Å²) >= 11 is 0. The minimum Gasteiger partial charge on any atom is -0.436 e. The highest BCUT2D eigenvalue weighted by atomic mass is 19.3. The molecule has 4 aromatic rings. The number of ether oxygens (including phenoxy) is 1. The van der Waals surface area contributed by atoms with Gasteiger partial charge in [-0.1, -0.05) is 0 Å². The summed E-state index contributed by atoms with van der Waals surface area (Å²) in [5.41, 5.74) is 2.38. The monoisotopic (exact) mass is 534 g/mol. The van der Waals surface area contributed by atoms with E-state index in [4.69, 9.17) is 9.15 Å². The zero-order valence-electron chi connectivity index (χ0n) is 21.5. The molecule has 2 saturated heterocycles. The Morgan fingerprint density at radius 3 is 2.74 bits per heavy atom. The molecule has 0 bridgehead atoms. The smallest absolute Gasteiger partial charge is 0.281 e. The third kappa shape index (κ3) is 4.29. The molecule has 1 N–H and O–H groups in total. The number of fused-ring (bicyclic) bond motifs is 2. The lowest BCUT2D eigenvalue weighted by atomic mass is 10.0. The molecule has 2 aliphatic heterocycles. The molecule has 3 aromatic heterocycles. The molecule has 0 unspecified atom stereocenters. The van der Waals surface area contributed by atoms with E-state index < -0.39 is 6.43 Å². The third-order valence-electron chi connectivity index (χ3n) is 8.32. The maximum atomic E-state index is 13.8. The predicted octanol–water partition coefficient (Wildman–Crippen LogP) is 4.49. The molecule has 2 atom stereocenters. The number of rotatable bonds is 5. The quantitative estimate of drug-likeness (QED) is 0.400. The minimum atomic E-state index is -2.78. The summed E-state index contributed by atoms with van der Waals surface area (Å²) in [7, 11) is 2.07. The van der Waals surface area contributed by atoms with Gasteiger partial charge in [0.05, 0.1) is 18.8 Å². The van der Waals surface area contributed by atoms with Crippen molar-refractivity contribution < 1.29 is 22.7 Å². The summed E-state index contributed by atoms with van der Waals surface area (Å²) in [5, 5.41) is 3.55. The lowest BCUT2D eigenvalue weighted by Crippen LogP contribution is -2.36. The van der Waals surface area contributed by atoms with Crippen LogP contribution in [0.15, 0.2) is 41.1 Å². The molecule has 202 valence electrons. The Kier molecular flexibility index (Phi) is 5.74. The summed E-state index contributed by atoms with van der Waals surface area (Å²) < 4.78 is 39.2. The van der Waals surface area contributed by atoms with E-state index in [0.29, 0.717) is 41.1 Å². The van der Waals surface area contributed by atoms with Crippen LogP contribution in [0.2, 0.25) is 0 Å². The van der Waals surface area contributed by atoms with Crippen LogP contribution in [0.4, 0.5) is 20.3 Å². The number of oxazole rings is 1. The lowest BCUT2D eigenvalue weighted by molar-refractivity contribution is -0.118. The van der Waals surface area contributed by atoms with Gasteiger partial charge in [0.25, 0.3) is 6.43 Å². The first kappa shape index (κ1) is 24.3. The Labute approximate surface area is 223 Å². The number of alkyl halides is 2. The Bertz CT molecular complexity index is 1590. The number of likely N-dealkylation sites (tertiary alicyclic amines) is 1. The Morgan fingerprint density at radius 2 is 1.97 bits per heavy atom. The van der Waals surface area contributed by atoms with Crippen LogP contribution >= 0.6 is 0 Å². The van der Waals surface area contributed by atoms with Crippen LogP contribution in [0.5, 0.6) is 0 Å². The highest BCUT2D eigenvalue weighted by Gasteiger charge is 2.60. The van der Waals surface area contributed by atoms with Crippen LogP contribution in [0.1, 0.15) is 25.0 Å². The first-order chi connectivity index (χ1) is 18.9. The highest BCUT2D eigenvalue weighted by molar-refractivity contribution is 6.00. The first-order valence-electron chi connectivity index (χ1n) is 13.2. The van der Waals surface area contributed by atoms with Gasteiger partial charge in [-0.05, 0) is 56.1 Å². The van der Waals surface area contributed by atoms with Gasteiger partial charge < -0.3 is 24.3 Å². The molecule has 7 rings (SSSR count). The molecular formula is C28H28F2N6O3. The van der Waals surface area contributed by atoms with Crippen LogP contribution in [-0.2, 0) is 9.53 Å². The molecule has 11 heteroatoms. The number of halogens is 2. The van der Waals surface area contributed by atoms with E-state index in [0.717, 1.165) is 44.7 Å². The second-order valence-electron chi connectivity index (χ2n) is 10.8. The number of carbonyl (C=O) groups excluding carboxylic acids is 1. The van der Waals surface area contributed by atoms with Gasteiger partial charge in [0.15, 0.2) is 5.58 Å². The average molecular weight is 535 g/mol. The number of aromatic nitrogens is 3. The second kappa shape index (κ2) is 9.20. The number of nitrogens with one attached hydrogen (secondary N) is 1. The van der Waals surface area contributed by atoms with Gasteiger partial charge in [-0.25, -0.2) is 18.7 Å². The summed E-state index contributed by atoms with van der Waals surface area (Å²) in [5.74, 6) is 0.422. The van der Waals surface area contributed by atoms with E-state index in [1.807, 2.05) is 18.2 Å². The molecule has 1 saturated carbocycles. The van der Waals surface area contributed by atoms with Crippen LogP contribution < -0.4 is 10.2 Å². The van der Waals surface area contributed by atoms with Crippen molar-refractivity contribution in [2.45, 2.75) is 19.3 Å². The molecule has 3 fully saturated rings. The predicted molar refractivity (Wildman–Crippen MR) is 142 cm³/mol. The van der Waals surface area contributed by atoms with Crippen molar-refractivity contribution in [2.24, 2.45) is 11.3 Å². The fourth-order valence-electron chi connectivity index (χ4n) is 6.11. The van der Waals surface area contributed by atoms with Gasteiger partial charge >= 0.3 is 0 Å². The summed E-state index contributed by atoms with van der Waals surface area (Å²) in [4.78, 5) is 30.5. The molecule has 9 nitrogen and oxygen atoms in total. The van der Waals surface area contributed by atoms with E-state index in [2.05, 4.69) is 37.1 Å². The molecule has 1 aliphatic carbocycles. The van der Waals surface area contributed by atoms with Crippen molar-refractivity contribution in [3.05, 3.63) is 42.4 Å². The standard InChI is InChI=1S/C28H28F2N6O3/c1-35-5-4-28(15-35)12-20(28)26(37)34-23-11-17-18(13-31-23)24(25(29)30)32-14-19(17)27-33-21-10-16(2-3-22(21)39-27)36-6-8-38-9-7-36/h2-3,10-11,13-14,20,25H,4-9,12,15H2,1H3,(H,31,34,37)/t20-,28-/m1/s1. The van der Waals surface area contributed by atoms with Crippen molar-refractivity contribution in [3.8, 4) is 11.5 Å². The van der Waals surface area contributed by atoms with Gasteiger partial charge in [-0.15, -0.1) is 0 Å². The van der Waals surface area contributed by atoms with Crippen molar-refractivity contribution in [3.63, 3.8) is 0 Å². The fraction of sp³-hybridized carbons (Fsp3) is 0.429. The number of carbonyl (C=O) groups is 1. The normalized spacial score (nSPS) is 23.4. The molecular weight excluding hydrogens is 506 g/mol. The van der Waals surface area contributed by atoms with E-state index in [1.54, 1.807) is 6.07 Å². The number of nitrogens with zero attached hydrogens (tertiary/aromatic N) is 5. The molecule has 0 radical (unpaired) electrons. The number of benzene rings is 1.